The van der Waals surface area contributed by atoms with E-state index in [-0.39, 0.29) is 5.69 Å². The van der Waals surface area contributed by atoms with Gasteiger partial charge in [0, 0.05) is 6.07 Å². The summed E-state index contributed by atoms with van der Waals surface area (Å²) in [5.41, 5.74) is 1.24. The van der Waals surface area contributed by atoms with Crippen LogP contribution in [-0.2, 0) is 5.00 Å². The first-order valence-corrected chi connectivity index (χ1v) is 6.14. The summed E-state index contributed by atoms with van der Waals surface area (Å²) in [5.74, 6) is 0. The maximum absolute atomic E-state index is 11.0. The molecule has 0 bridgehead atoms. The van der Waals surface area contributed by atoms with Gasteiger partial charge in [-0.25, -0.2) is 0 Å². The minimum Gasteiger partial charge on any atom is -0.358 e. The predicted octanol–water partition coefficient (Wildman–Crippen LogP) is 4.12. The Kier molecular flexibility index (Phi) is 3.71. The van der Waals surface area contributed by atoms with Crippen molar-refractivity contribution < 1.29 is 4.92 Å². The Morgan fingerprint density at radius 2 is 1.68 bits per heavy atom. The first-order chi connectivity index (χ1) is 9.00. The highest BCUT2D eigenvalue weighted by atomic mass is 35.5. The quantitative estimate of drug-likeness (QED) is 0.395. The maximum atomic E-state index is 11.0. The molecule has 1 N–H and O–H groups in total. The average molecular weight is 277 g/mol. The zero-order valence-corrected chi connectivity index (χ0v) is 11.1. The topological polar surface area (TPSA) is 55.2 Å². The average Bonchev–Trinajstić information content (AvgIpc) is 2.39. The van der Waals surface area contributed by atoms with E-state index >= 15 is 0 Å². The van der Waals surface area contributed by atoms with Crippen molar-refractivity contribution in [3.05, 3.63) is 70.3 Å². The van der Waals surface area contributed by atoms with E-state index in [0.717, 1.165) is 5.56 Å². The summed E-state index contributed by atoms with van der Waals surface area (Å²) >= 11 is 6.44. The van der Waals surface area contributed by atoms with E-state index in [1.54, 1.807) is 25.1 Å². The molecule has 0 aromatic heterocycles. The normalized spacial score (nSPS) is 13.6. The van der Waals surface area contributed by atoms with Crippen LogP contribution < -0.4 is 5.32 Å². The van der Waals surface area contributed by atoms with E-state index < -0.39 is 9.92 Å². The Balaban J connectivity index is 2.33. The molecule has 0 spiro atoms. The first kappa shape index (κ1) is 13.4. The van der Waals surface area contributed by atoms with Crippen LogP contribution in [0, 0.1) is 10.1 Å². The van der Waals surface area contributed by atoms with E-state index in [0.29, 0.717) is 5.69 Å². The Morgan fingerprint density at radius 1 is 1.11 bits per heavy atom. The molecule has 0 saturated carbocycles. The molecular weight excluding hydrogens is 264 g/mol. The molecule has 4 nitrogen and oxygen atoms in total. The van der Waals surface area contributed by atoms with E-state index in [1.165, 1.54) is 6.07 Å². The van der Waals surface area contributed by atoms with Gasteiger partial charge >= 0.3 is 0 Å². The minimum atomic E-state index is -0.909. The molecule has 2 rings (SSSR count). The molecular formula is C14H13ClN2O2. The smallest absolute Gasteiger partial charge is 0.292 e. The molecule has 0 radical (unpaired) electrons. The molecule has 0 aliphatic carbocycles. The van der Waals surface area contributed by atoms with Crippen LogP contribution in [0.5, 0.6) is 0 Å². The lowest BCUT2D eigenvalue weighted by molar-refractivity contribution is -0.384. The zero-order valence-electron chi connectivity index (χ0n) is 10.3. The summed E-state index contributed by atoms with van der Waals surface area (Å²) in [6.45, 7) is 1.76. The Labute approximate surface area is 116 Å². The number of nitrogens with zero attached hydrogens (tertiary/aromatic N) is 1. The number of halogens is 1. The predicted molar refractivity (Wildman–Crippen MR) is 76.4 cm³/mol. The van der Waals surface area contributed by atoms with Gasteiger partial charge in [0.05, 0.1) is 4.92 Å². The van der Waals surface area contributed by atoms with Gasteiger partial charge in [0.15, 0.2) is 0 Å². The highest BCUT2D eigenvalue weighted by molar-refractivity contribution is 6.24. The Bertz CT molecular complexity index is 585. The van der Waals surface area contributed by atoms with E-state index in [1.807, 2.05) is 30.3 Å². The van der Waals surface area contributed by atoms with Crippen LogP contribution in [-0.4, -0.2) is 4.92 Å². The number of rotatable bonds is 4. The van der Waals surface area contributed by atoms with Gasteiger partial charge in [-0.2, -0.15) is 0 Å². The third-order valence-electron chi connectivity index (χ3n) is 2.79. The standard InChI is InChI=1S/C14H13ClN2O2/c1-14(15,11-7-3-2-4-8-11)16-12-9-5-6-10-13(12)17(18)19/h2-10,16H,1H3. The molecule has 1 unspecified atom stereocenters. The Morgan fingerprint density at radius 3 is 2.32 bits per heavy atom. The highest BCUT2D eigenvalue weighted by Crippen LogP contribution is 2.33. The van der Waals surface area contributed by atoms with Crippen molar-refractivity contribution in [1.29, 1.82) is 0 Å². The summed E-state index contributed by atoms with van der Waals surface area (Å²) in [6, 6.07) is 15.8. The lowest BCUT2D eigenvalue weighted by atomic mass is 10.1. The fourth-order valence-corrected chi connectivity index (χ4v) is 2.04. The number of hydrogen-bond acceptors (Lipinski definition) is 3. The molecule has 5 heteroatoms. The number of hydrogen-bond donors (Lipinski definition) is 1. The van der Waals surface area contributed by atoms with Crippen LogP contribution in [0.25, 0.3) is 0 Å². The van der Waals surface area contributed by atoms with Crippen LogP contribution in [0.1, 0.15) is 12.5 Å². The van der Waals surface area contributed by atoms with Crippen molar-refractivity contribution in [2.45, 2.75) is 11.9 Å². The van der Waals surface area contributed by atoms with Gasteiger partial charge in [-0.15, -0.1) is 0 Å². The van der Waals surface area contributed by atoms with E-state index in [9.17, 15) is 10.1 Å². The Hall–Kier alpha value is -2.07. The zero-order chi connectivity index (χ0) is 13.9. The second kappa shape index (κ2) is 5.28. The number of para-hydroxylation sites is 2. The lowest BCUT2D eigenvalue weighted by Crippen LogP contribution is -2.25. The van der Waals surface area contributed by atoms with Crippen molar-refractivity contribution in [2.75, 3.05) is 5.32 Å². The molecule has 19 heavy (non-hydrogen) atoms. The van der Waals surface area contributed by atoms with Crippen LogP contribution in [0.4, 0.5) is 11.4 Å². The molecule has 0 amide bonds. The van der Waals surface area contributed by atoms with Crippen molar-refractivity contribution in [1.82, 2.24) is 0 Å². The second-order valence-corrected chi connectivity index (χ2v) is 5.02. The molecule has 98 valence electrons. The van der Waals surface area contributed by atoms with E-state index in [4.69, 9.17) is 11.6 Å². The van der Waals surface area contributed by atoms with Gasteiger partial charge in [-0.05, 0) is 18.6 Å². The van der Waals surface area contributed by atoms with Crippen molar-refractivity contribution in [3.8, 4) is 0 Å². The SMILES string of the molecule is CC(Cl)(Nc1ccccc1[N+](=O)[O-])c1ccccc1. The largest absolute Gasteiger partial charge is 0.358 e. The summed E-state index contributed by atoms with van der Waals surface area (Å²) in [5, 5.41) is 14.0. The summed E-state index contributed by atoms with van der Waals surface area (Å²) in [7, 11) is 0. The number of nitro groups is 1. The third kappa shape index (κ3) is 3.03. The molecule has 0 fully saturated rings. The van der Waals surface area contributed by atoms with E-state index in [2.05, 4.69) is 5.32 Å². The fraction of sp³-hybridized carbons (Fsp3) is 0.143. The number of benzene rings is 2. The van der Waals surface area contributed by atoms with Gasteiger partial charge in [0.25, 0.3) is 5.69 Å². The van der Waals surface area contributed by atoms with Gasteiger partial charge < -0.3 is 5.32 Å². The van der Waals surface area contributed by atoms with Crippen molar-refractivity contribution in [2.24, 2.45) is 0 Å². The van der Waals surface area contributed by atoms with Crippen LogP contribution >= 0.6 is 11.6 Å². The minimum absolute atomic E-state index is 0.00491. The van der Waals surface area contributed by atoms with Crippen LogP contribution in [0.2, 0.25) is 0 Å². The molecule has 0 heterocycles. The van der Waals surface area contributed by atoms with Crippen LogP contribution in [0.3, 0.4) is 0 Å². The van der Waals surface area contributed by atoms with Crippen molar-refractivity contribution >= 4 is 23.0 Å². The number of anilines is 1. The molecule has 0 saturated heterocycles. The molecule has 2 aromatic carbocycles. The summed E-state index contributed by atoms with van der Waals surface area (Å²) in [4.78, 5) is 9.63. The van der Waals surface area contributed by atoms with Gasteiger partial charge in [-0.3, -0.25) is 10.1 Å². The van der Waals surface area contributed by atoms with Crippen molar-refractivity contribution in [3.63, 3.8) is 0 Å². The summed E-state index contributed by atoms with van der Waals surface area (Å²) in [6.07, 6.45) is 0. The maximum Gasteiger partial charge on any atom is 0.292 e. The van der Waals surface area contributed by atoms with Gasteiger partial charge in [-0.1, -0.05) is 54.1 Å². The third-order valence-corrected chi connectivity index (χ3v) is 3.10. The van der Waals surface area contributed by atoms with Gasteiger partial charge in [0.1, 0.15) is 10.7 Å². The number of nitrogens with one attached hydrogen (secondary N) is 1. The molecule has 1 atom stereocenters. The second-order valence-electron chi connectivity index (χ2n) is 4.27. The highest BCUT2D eigenvalue weighted by Gasteiger charge is 2.26. The van der Waals surface area contributed by atoms with Gasteiger partial charge in [0.2, 0.25) is 0 Å². The molecule has 0 aliphatic heterocycles. The monoisotopic (exact) mass is 276 g/mol. The lowest BCUT2D eigenvalue weighted by Gasteiger charge is -2.25. The number of nitro benzene ring substituents is 1. The van der Waals surface area contributed by atoms with Crippen LogP contribution in [0.15, 0.2) is 54.6 Å². The fourth-order valence-electron chi connectivity index (χ4n) is 1.81. The summed E-state index contributed by atoms with van der Waals surface area (Å²) < 4.78 is 0. The first-order valence-electron chi connectivity index (χ1n) is 5.77. The number of alkyl halides is 1. The molecule has 0 aliphatic rings. The molecule has 2 aromatic rings.